The Hall–Kier alpha value is -3.95. The number of aromatic nitrogens is 5. The molecule has 37 heavy (non-hydrogen) atoms. The van der Waals surface area contributed by atoms with E-state index in [1.807, 2.05) is 48.5 Å². The van der Waals surface area contributed by atoms with Gasteiger partial charge in [-0.3, -0.25) is 15.0 Å². The van der Waals surface area contributed by atoms with E-state index in [-0.39, 0.29) is 21.1 Å². The monoisotopic (exact) mass is 659 g/mol. The van der Waals surface area contributed by atoms with Crippen LogP contribution in [0.15, 0.2) is 97.2 Å². The summed E-state index contributed by atoms with van der Waals surface area (Å²) in [4.78, 5) is 19.7. The summed E-state index contributed by atoms with van der Waals surface area (Å²) >= 11 is 0. The van der Waals surface area contributed by atoms with Crippen molar-refractivity contribution in [2.75, 3.05) is 0 Å². The molecule has 2 aromatic carbocycles. The molecule has 0 N–H and O–H groups in total. The molecule has 6 heteroatoms. The molecular weight excluding hydrogens is 637 g/mol. The first-order valence-corrected chi connectivity index (χ1v) is 12.0. The Morgan fingerprint density at radius 3 is 2.38 bits per heavy atom. The predicted octanol–water partition coefficient (Wildman–Crippen LogP) is 6.77. The molecule has 7 aromatic rings. The van der Waals surface area contributed by atoms with E-state index in [1.165, 1.54) is 0 Å². The van der Waals surface area contributed by atoms with Crippen LogP contribution in [-0.4, -0.2) is 24.3 Å². The van der Waals surface area contributed by atoms with Crippen molar-refractivity contribution >= 4 is 38.5 Å². The molecular formula is C31H22N5Pt-. The Morgan fingerprint density at radius 1 is 0.703 bits per heavy atom. The summed E-state index contributed by atoms with van der Waals surface area (Å²) in [5.41, 5.74) is 8.07. The summed E-state index contributed by atoms with van der Waals surface area (Å²) in [6, 6.07) is 34.0. The number of hydrogen-bond acceptors (Lipinski definition) is 4. The number of hydrogen-bond donors (Lipinski definition) is 0. The topological polar surface area (TPSA) is 56.0 Å². The first kappa shape index (κ1) is 23.4. The van der Waals surface area contributed by atoms with Crippen LogP contribution in [0.1, 0.15) is 25.2 Å². The maximum Gasteiger partial charge on any atom is 0.102 e. The van der Waals surface area contributed by atoms with E-state index >= 15 is 0 Å². The van der Waals surface area contributed by atoms with E-state index in [0.717, 1.165) is 61.3 Å². The molecule has 5 heterocycles. The van der Waals surface area contributed by atoms with Crippen molar-refractivity contribution in [3.8, 4) is 11.4 Å². The van der Waals surface area contributed by atoms with Crippen LogP contribution < -0.4 is 0 Å². The standard InChI is InChI=1S/C31H22N5.Pt/c1-31(2,27-16-9-14-23(33-27)22-12-7-8-19-32-22)28-18-17-26-29(35-28)20-10-3-4-11-21(20)30-34-24-13-5-6-15-25(24)36(26)30;/h3-9,11-19H,1-2H3;/q-1;. The zero-order chi connectivity index (χ0) is 24.3. The van der Waals surface area contributed by atoms with Crippen molar-refractivity contribution in [1.82, 2.24) is 24.3 Å². The maximum absolute atomic E-state index is 5.25. The van der Waals surface area contributed by atoms with Crippen molar-refractivity contribution in [2.45, 2.75) is 19.3 Å². The second kappa shape index (κ2) is 8.86. The van der Waals surface area contributed by atoms with Gasteiger partial charge in [0.1, 0.15) is 5.65 Å². The van der Waals surface area contributed by atoms with Gasteiger partial charge in [0.25, 0.3) is 0 Å². The van der Waals surface area contributed by atoms with Crippen LogP contribution in [0.4, 0.5) is 0 Å². The van der Waals surface area contributed by atoms with Crippen molar-refractivity contribution < 1.29 is 21.1 Å². The Balaban J connectivity index is 0.00000252. The minimum Gasteiger partial charge on any atom is -0.307 e. The van der Waals surface area contributed by atoms with Crippen molar-refractivity contribution in [1.29, 1.82) is 0 Å². The summed E-state index contributed by atoms with van der Waals surface area (Å²) in [7, 11) is 0. The van der Waals surface area contributed by atoms with Gasteiger partial charge in [-0.15, -0.1) is 29.7 Å². The van der Waals surface area contributed by atoms with Gasteiger partial charge < -0.3 is 4.40 Å². The van der Waals surface area contributed by atoms with E-state index in [0.29, 0.717) is 0 Å². The molecule has 0 spiro atoms. The molecule has 0 saturated heterocycles. The largest absolute Gasteiger partial charge is 0.307 e. The average molecular weight is 660 g/mol. The van der Waals surface area contributed by atoms with Gasteiger partial charge in [0.05, 0.1) is 28.1 Å². The quantitative estimate of drug-likeness (QED) is 0.155. The molecule has 0 amide bonds. The molecule has 0 radical (unpaired) electrons. The molecule has 0 bridgehead atoms. The van der Waals surface area contributed by atoms with Gasteiger partial charge in [0, 0.05) is 49.4 Å². The zero-order valence-corrected chi connectivity index (χ0v) is 22.6. The van der Waals surface area contributed by atoms with Crippen molar-refractivity contribution in [3.05, 3.63) is 115 Å². The molecule has 0 aliphatic rings. The minimum atomic E-state index is -0.425. The molecule has 0 atom stereocenters. The van der Waals surface area contributed by atoms with E-state index in [2.05, 4.69) is 71.8 Å². The van der Waals surface area contributed by atoms with Gasteiger partial charge >= 0.3 is 0 Å². The fraction of sp³-hybridized carbons (Fsp3) is 0.0968. The van der Waals surface area contributed by atoms with Crippen molar-refractivity contribution in [3.63, 3.8) is 0 Å². The van der Waals surface area contributed by atoms with E-state index in [1.54, 1.807) is 6.20 Å². The van der Waals surface area contributed by atoms with Gasteiger partial charge in [-0.05, 0) is 62.4 Å². The molecule has 0 aliphatic carbocycles. The average Bonchev–Trinajstić information content (AvgIpc) is 3.34. The van der Waals surface area contributed by atoms with E-state index in [9.17, 15) is 0 Å². The molecule has 0 fully saturated rings. The van der Waals surface area contributed by atoms with Gasteiger partial charge in [0.15, 0.2) is 0 Å². The smallest absolute Gasteiger partial charge is 0.102 e. The summed E-state index contributed by atoms with van der Waals surface area (Å²) in [5.74, 6) is 0. The molecule has 5 nitrogen and oxygen atoms in total. The van der Waals surface area contributed by atoms with Crippen LogP contribution >= 0.6 is 0 Å². The number of para-hydroxylation sites is 2. The van der Waals surface area contributed by atoms with Crippen LogP contribution in [0, 0.1) is 6.07 Å². The maximum atomic E-state index is 5.25. The molecule has 5 aromatic heterocycles. The van der Waals surface area contributed by atoms with Crippen molar-refractivity contribution in [2.24, 2.45) is 0 Å². The second-order valence-corrected chi connectivity index (χ2v) is 9.53. The minimum absolute atomic E-state index is 0. The molecule has 0 saturated carbocycles. The van der Waals surface area contributed by atoms with Crippen LogP contribution in [0.5, 0.6) is 0 Å². The predicted molar refractivity (Wildman–Crippen MR) is 144 cm³/mol. The first-order chi connectivity index (χ1) is 17.6. The van der Waals surface area contributed by atoms with Gasteiger partial charge in [-0.1, -0.05) is 29.7 Å². The number of nitrogens with zero attached hydrogens (tertiary/aromatic N) is 5. The number of rotatable bonds is 3. The Kier molecular flexibility index (Phi) is 5.62. The Bertz CT molecular complexity index is 1930. The van der Waals surface area contributed by atoms with Gasteiger partial charge in [-0.25, -0.2) is 4.98 Å². The second-order valence-electron chi connectivity index (χ2n) is 9.53. The van der Waals surface area contributed by atoms with Gasteiger partial charge in [-0.2, -0.15) is 0 Å². The summed E-state index contributed by atoms with van der Waals surface area (Å²) in [6.45, 7) is 4.34. The number of imidazole rings is 1. The van der Waals surface area contributed by atoms with E-state index in [4.69, 9.17) is 15.0 Å². The molecule has 182 valence electrons. The van der Waals surface area contributed by atoms with Crippen LogP contribution in [0.25, 0.3) is 49.9 Å². The Morgan fingerprint density at radius 2 is 1.51 bits per heavy atom. The summed E-state index contributed by atoms with van der Waals surface area (Å²) < 4.78 is 2.21. The van der Waals surface area contributed by atoms with Crippen LogP contribution in [-0.2, 0) is 26.5 Å². The molecule has 0 unspecified atom stereocenters. The summed E-state index contributed by atoms with van der Waals surface area (Å²) in [5, 5.41) is 2.02. The summed E-state index contributed by atoms with van der Waals surface area (Å²) in [6.07, 6.45) is 1.79. The fourth-order valence-electron chi connectivity index (χ4n) is 5.00. The molecule has 7 rings (SSSR count). The number of benzene rings is 2. The third kappa shape index (κ3) is 3.65. The van der Waals surface area contributed by atoms with Crippen LogP contribution in [0.2, 0.25) is 0 Å². The Labute approximate surface area is 228 Å². The van der Waals surface area contributed by atoms with Crippen LogP contribution in [0.3, 0.4) is 0 Å². The normalized spacial score (nSPS) is 11.8. The third-order valence-electron chi connectivity index (χ3n) is 6.97. The van der Waals surface area contributed by atoms with E-state index < -0.39 is 5.41 Å². The third-order valence-corrected chi connectivity index (χ3v) is 6.97. The number of pyridine rings is 4. The fourth-order valence-corrected chi connectivity index (χ4v) is 5.00. The van der Waals surface area contributed by atoms with Gasteiger partial charge in [0.2, 0.25) is 0 Å². The molecule has 0 aliphatic heterocycles. The first-order valence-electron chi connectivity index (χ1n) is 12.0. The SMILES string of the molecule is CC(C)(c1cccc(-c2ccccn2)n1)c1ccc2c(n1)c1[c-]cccc1c1nc3ccccc3n21.[Pt]. The number of fused-ring (bicyclic) bond motifs is 8. The zero-order valence-electron chi connectivity index (χ0n) is 20.3.